The van der Waals surface area contributed by atoms with Crippen LogP contribution in [-0.2, 0) is 19.1 Å². The summed E-state index contributed by atoms with van der Waals surface area (Å²) < 4.78 is 5.08. The van der Waals surface area contributed by atoms with Crippen molar-refractivity contribution in [3.8, 4) is 0 Å². The van der Waals surface area contributed by atoms with E-state index in [1.54, 1.807) is 31.9 Å². The van der Waals surface area contributed by atoms with Crippen LogP contribution >= 0.6 is 0 Å². The number of rotatable bonds is 10. The molecule has 0 spiro atoms. The minimum Gasteiger partial charge on any atom is -0.463 e. The second-order valence-corrected chi connectivity index (χ2v) is 9.79. The molecule has 7 nitrogen and oxygen atoms in total. The van der Waals surface area contributed by atoms with E-state index in [0.29, 0.717) is 18.1 Å². The van der Waals surface area contributed by atoms with Crippen LogP contribution in [0.15, 0.2) is 11.6 Å². The number of piperidine rings is 1. The van der Waals surface area contributed by atoms with E-state index in [2.05, 4.69) is 17.1 Å². The lowest BCUT2D eigenvalue weighted by atomic mass is 9.90. The third kappa shape index (κ3) is 7.61. The first kappa shape index (κ1) is 28.1. The topological polar surface area (TPSA) is 79.0 Å². The number of likely N-dealkylation sites (N-methyl/N-ethyl adjacent to an activating group) is 2. The summed E-state index contributed by atoms with van der Waals surface area (Å²) in [7, 11) is 3.73. The predicted molar refractivity (Wildman–Crippen MR) is 128 cm³/mol. The van der Waals surface area contributed by atoms with Crippen molar-refractivity contribution < 1.29 is 19.1 Å². The number of hydrogen-bond donors (Lipinski definition) is 1. The largest absolute Gasteiger partial charge is 0.463 e. The van der Waals surface area contributed by atoms with E-state index in [4.69, 9.17) is 4.74 Å². The van der Waals surface area contributed by atoms with E-state index in [1.165, 1.54) is 0 Å². The number of ether oxygens (including phenoxy) is 1. The Balaban J connectivity index is 2.99. The van der Waals surface area contributed by atoms with Gasteiger partial charge in [0.2, 0.25) is 11.8 Å². The molecule has 184 valence electrons. The maximum Gasteiger partial charge on any atom is 0.333 e. The van der Waals surface area contributed by atoms with Crippen LogP contribution < -0.4 is 5.32 Å². The quantitative estimate of drug-likeness (QED) is 0.407. The molecule has 0 aromatic rings. The zero-order chi connectivity index (χ0) is 24.6. The minimum atomic E-state index is -0.623. The summed E-state index contributed by atoms with van der Waals surface area (Å²) >= 11 is 0. The van der Waals surface area contributed by atoms with E-state index in [1.807, 2.05) is 34.7 Å². The van der Waals surface area contributed by atoms with Gasteiger partial charge in [0, 0.05) is 19.2 Å². The van der Waals surface area contributed by atoms with Crippen molar-refractivity contribution in [3.05, 3.63) is 11.6 Å². The van der Waals surface area contributed by atoms with E-state index in [-0.39, 0.29) is 41.7 Å². The van der Waals surface area contributed by atoms with Gasteiger partial charge in [0.1, 0.15) is 6.04 Å². The Morgan fingerprint density at radius 1 is 1.12 bits per heavy atom. The Bertz CT molecular complexity index is 674. The molecule has 0 aromatic heterocycles. The molecule has 1 aliphatic heterocycles. The molecule has 7 heteroatoms. The molecule has 0 aliphatic carbocycles. The third-order valence-electron chi connectivity index (χ3n) is 6.53. The number of nitrogens with one attached hydrogen (secondary N) is 1. The van der Waals surface area contributed by atoms with Crippen LogP contribution in [0.2, 0.25) is 0 Å². The van der Waals surface area contributed by atoms with Crippen LogP contribution in [0.25, 0.3) is 0 Å². The van der Waals surface area contributed by atoms with Crippen molar-refractivity contribution in [2.45, 2.75) is 85.9 Å². The van der Waals surface area contributed by atoms with Crippen molar-refractivity contribution >= 4 is 17.8 Å². The van der Waals surface area contributed by atoms with Gasteiger partial charge in [0.15, 0.2) is 0 Å². The van der Waals surface area contributed by atoms with Gasteiger partial charge in [-0.05, 0) is 51.5 Å². The van der Waals surface area contributed by atoms with Crippen molar-refractivity contribution in [2.24, 2.45) is 17.8 Å². The molecule has 1 heterocycles. The second kappa shape index (κ2) is 13.0. The minimum absolute atomic E-state index is 0.0610. The lowest BCUT2D eigenvalue weighted by Gasteiger charge is -2.38. The summed E-state index contributed by atoms with van der Waals surface area (Å²) in [5, 5.41) is 3.04. The first-order valence-corrected chi connectivity index (χ1v) is 12.1. The Morgan fingerprint density at radius 2 is 1.75 bits per heavy atom. The molecular formula is C25H45N3O4. The van der Waals surface area contributed by atoms with Crippen molar-refractivity contribution in [1.82, 2.24) is 15.1 Å². The molecule has 0 radical (unpaired) electrons. The van der Waals surface area contributed by atoms with Crippen LogP contribution in [0.3, 0.4) is 0 Å². The lowest BCUT2D eigenvalue weighted by molar-refractivity contribution is -0.140. The van der Waals surface area contributed by atoms with E-state index in [9.17, 15) is 14.4 Å². The molecule has 0 saturated carbocycles. The number of amides is 2. The van der Waals surface area contributed by atoms with Gasteiger partial charge in [-0.2, -0.15) is 0 Å². The molecule has 32 heavy (non-hydrogen) atoms. The van der Waals surface area contributed by atoms with Crippen LogP contribution in [-0.4, -0.2) is 73.0 Å². The molecule has 0 aromatic carbocycles. The highest BCUT2D eigenvalue weighted by molar-refractivity contribution is 5.91. The van der Waals surface area contributed by atoms with E-state index in [0.717, 1.165) is 25.8 Å². The number of nitrogens with zero attached hydrogens (tertiary/aromatic N) is 2. The van der Waals surface area contributed by atoms with Gasteiger partial charge in [-0.1, -0.05) is 47.1 Å². The zero-order valence-corrected chi connectivity index (χ0v) is 21.6. The standard InChI is InChI=1S/C25H45N3O4/c1-10-19-12-13-20(27(8)15-19)23(29)26-22(17(5)6)24(30)28(9)21(16(3)4)14-18(7)25(31)32-11-2/h14,16-17,19-22H,10-13,15H2,1-9H3,(H,26,29)/b18-14+/t19-,20-,21-,22+/m1/s1. The monoisotopic (exact) mass is 451 g/mol. The van der Waals surface area contributed by atoms with Crippen molar-refractivity contribution in [3.63, 3.8) is 0 Å². The maximum atomic E-state index is 13.5. The Labute approximate surface area is 194 Å². The number of esters is 1. The molecule has 1 saturated heterocycles. The van der Waals surface area contributed by atoms with Gasteiger partial charge in [-0.25, -0.2) is 4.79 Å². The van der Waals surface area contributed by atoms with Crippen LogP contribution in [0.5, 0.6) is 0 Å². The summed E-state index contributed by atoms with van der Waals surface area (Å²) in [6.07, 6.45) is 4.75. The fourth-order valence-electron chi connectivity index (χ4n) is 4.35. The van der Waals surface area contributed by atoms with Gasteiger partial charge in [-0.3, -0.25) is 14.5 Å². The SMILES string of the molecule is CCOC(=O)/C(C)=C/[C@H](C(C)C)N(C)C(=O)[C@@H](NC(=O)[C@H]1CC[C@@H](CC)CN1C)C(C)C. The van der Waals surface area contributed by atoms with Gasteiger partial charge in [0.05, 0.1) is 18.7 Å². The molecule has 0 bridgehead atoms. The molecule has 4 atom stereocenters. The predicted octanol–water partition coefficient (Wildman–Crippen LogP) is 3.24. The average molecular weight is 452 g/mol. The van der Waals surface area contributed by atoms with Gasteiger partial charge in [-0.15, -0.1) is 0 Å². The summed E-state index contributed by atoms with van der Waals surface area (Å²) in [6.45, 7) is 14.8. The fraction of sp³-hybridized carbons (Fsp3) is 0.800. The van der Waals surface area contributed by atoms with Crippen molar-refractivity contribution in [2.75, 3.05) is 27.2 Å². The highest BCUT2D eigenvalue weighted by Gasteiger charge is 2.35. The number of hydrogen-bond acceptors (Lipinski definition) is 5. The van der Waals surface area contributed by atoms with Crippen LogP contribution in [0.4, 0.5) is 0 Å². The van der Waals surface area contributed by atoms with E-state index >= 15 is 0 Å². The molecule has 2 amide bonds. The smallest absolute Gasteiger partial charge is 0.333 e. The first-order valence-electron chi connectivity index (χ1n) is 12.1. The Hall–Kier alpha value is -1.89. The first-order chi connectivity index (χ1) is 14.9. The van der Waals surface area contributed by atoms with Crippen LogP contribution in [0, 0.1) is 17.8 Å². The average Bonchev–Trinajstić information content (AvgIpc) is 2.73. The molecule has 1 N–H and O–H groups in total. The van der Waals surface area contributed by atoms with Gasteiger partial charge in [0.25, 0.3) is 0 Å². The highest BCUT2D eigenvalue weighted by Crippen LogP contribution is 2.24. The van der Waals surface area contributed by atoms with Crippen LogP contribution in [0.1, 0.15) is 67.7 Å². The fourth-order valence-corrected chi connectivity index (χ4v) is 4.35. The normalized spacial score (nSPS) is 21.9. The van der Waals surface area contributed by atoms with Gasteiger partial charge >= 0.3 is 5.97 Å². The lowest BCUT2D eigenvalue weighted by Crippen LogP contribution is -2.58. The Kier molecular flexibility index (Phi) is 11.4. The summed E-state index contributed by atoms with van der Waals surface area (Å²) in [4.78, 5) is 42.4. The highest BCUT2D eigenvalue weighted by atomic mass is 16.5. The van der Waals surface area contributed by atoms with Gasteiger partial charge < -0.3 is 15.0 Å². The molecule has 1 aliphatic rings. The molecule has 0 unspecified atom stereocenters. The summed E-state index contributed by atoms with van der Waals surface area (Å²) in [5.41, 5.74) is 0.477. The second-order valence-electron chi connectivity index (χ2n) is 9.79. The van der Waals surface area contributed by atoms with Crippen molar-refractivity contribution in [1.29, 1.82) is 0 Å². The molecular weight excluding hydrogens is 406 g/mol. The third-order valence-corrected chi connectivity index (χ3v) is 6.53. The summed E-state index contributed by atoms with van der Waals surface area (Å²) in [6, 6.07) is -1.11. The number of likely N-dealkylation sites (tertiary alicyclic amines) is 1. The Morgan fingerprint density at radius 3 is 2.22 bits per heavy atom. The number of carbonyl (C=O) groups excluding carboxylic acids is 3. The molecule has 1 fully saturated rings. The maximum absolute atomic E-state index is 13.5. The van der Waals surface area contributed by atoms with E-state index < -0.39 is 6.04 Å². The molecule has 1 rings (SSSR count). The summed E-state index contributed by atoms with van der Waals surface area (Å²) in [5.74, 6) is 0.0468. The number of carbonyl (C=O) groups is 3. The zero-order valence-electron chi connectivity index (χ0n) is 21.6.